The fraction of sp³-hybridized carbons (Fsp3) is 0.500. The van der Waals surface area contributed by atoms with Crippen LogP contribution in [0.25, 0.3) is 0 Å². The van der Waals surface area contributed by atoms with Gasteiger partial charge in [0.2, 0.25) is 0 Å². The molecule has 1 heterocycles. The Morgan fingerprint density at radius 2 is 2.09 bits per heavy atom. The molecular weight excluding hydrogens is 305 g/mol. The van der Waals surface area contributed by atoms with Crippen molar-refractivity contribution in [3.05, 3.63) is 47.3 Å². The summed E-state index contributed by atoms with van der Waals surface area (Å²) in [5.74, 6) is 0. The van der Waals surface area contributed by atoms with Gasteiger partial charge in [0.05, 0.1) is 24.0 Å². The third-order valence-corrected chi connectivity index (χ3v) is 4.42. The van der Waals surface area contributed by atoms with Crippen LogP contribution in [0.2, 0.25) is 0 Å². The third-order valence-electron chi connectivity index (χ3n) is 4.42. The average Bonchev–Trinajstić information content (AvgIpc) is 2.94. The number of halogens is 3. The average molecular weight is 324 g/mol. The fourth-order valence-electron chi connectivity index (χ4n) is 2.92. The Hall–Kier alpha value is -1.89. The van der Waals surface area contributed by atoms with E-state index in [4.69, 9.17) is 0 Å². The van der Waals surface area contributed by atoms with Crippen molar-refractivity contribution in [2.24, 2.45) is 0 Å². The summed E-state index contributed by atoms with van der Waals surface area (Å²) >= 11 is 0. The molecule has 0 saturated heterocycles. The fourth-order valence-corrected chi connectivity index (χ4v) is 2.92. The van der Waals surface area contributed by atoms with Gasteiger partial charge in [0, 0.05) is 12.1 Å². The maximum Gasteiger partial charge on any atom is 0.416 e. The highest BCUT2D eigenvalue weighted by atomic mass is 19.4. The number of hydrogen-bond donors (Lipinski definition) is 1. The molecule has 0 atom stereocenters. The number of benzene rings is 1. The van der Waals surface area contributed by atoms with Gasteiger partial charge in [-0.3, -0.25) is 0 Å². The normalized spacial score (nSPS) is 17.0. The molecule has 7 heteroatoms. The molecule has 1 aromatic heterocycles. The summed E-state index contributed by atoms with van der Waals surface area (Å²) in [7, 11) is 0. The first-order chi connectivity index (χ1) is 10.9. The second-order valence-electron chi connectivity index (χ2n) is 5.89. The van der Waals surface area contributed by atoms with Crippen molar-refractivity contribution in [3.8, 4) is 0 Å². The predicted octanol–water partition coefficient (Wildman–Crippen LogP) is 3.49. The highest BCUT2D eigenvalue weighted by Gasteiger charge is 2.40. The number of aromatic nitrogens is 3. The zero-order valence-corrected chi connectivity index (χ0v) is 12.9. The molecular formula is C16H19F3N4. The lowest BCUT2D eigenvalue weighted by molar-refractivity contribution is -0.137. The molecule has 1 aromatic carbocycles. The van der Waals surface area contributed by atoms with Crippen LogP contribution in [-0.2, 0) is 24.8 Å². The van der Waals surface area contributed by atoms with Crippen LogP contribution >= 0.6 is 0 Å². The van der Waals surface area contributed by atoms with Gasteiger partial charge in [0.15, 0.2) is 0 Å². The van der Waals surface area contributed by atoms with Crippen LogP contribution in [0.15, 0.2) is 30.5 Å². The standard InChI is InChI=1S/C16H19F3N4/c1-2-23-21-11-14(22-23)10-20-15(7-4-8-15)12-5-3-6-13(9-12)16(17,18)19/h3,5-6,9,11,20H,2,4,7-8,10H2,1H3. The molecule has 0 radical (unpaired) electrons. The molecule has 1 aliphatic carbocycles. The van der Waals surface area contributed by atoms with Crippen molar-refractivity contribution >= 4 is 0 Å². The lowest BCUT2D eigenvalue weighted by Crippen LogP contribution is -2.47. The smallest absolute Gasteiger partial charge is 0.302 e. The van der Waals surface area contributed by atoms with Crippen LogP contribution in [0, 0.1) is 0 Å². The lowest BCUT2D eigenvalue weighted by Gasteiger charge is -2.43. The Morgan fingerprint density at radius 3 is 2.65 bits per heavy atom. The summed E-state index contributed by atoms with van der Waals surface area (Å²) in [4.78, 5) is 1.59. The maximum absolute atomic E-state index is 12.9. The molecule has 23 heavy (non-hydrogen) atoms. The summed E-state index contributed by atoms with van der Waals surface area (Å²) < 4.78 is 38.8. The van der Waals surface area contributed by atoms with E-state index in [1.165, 1.54) is 12.1 Å². The molecule has 0 aliphatic heterocycles. The largest absolute Gasteiger partial charge is 0.416 e. The zero-order chi connectivity index (χ0) is 16.5. The van der Waals surface area contributed by atoms with Crippen LogP contribution in [0.4, 0.5) is 13.2 Å². The highest BCUT2D eigenvalue weighted by molar-refractivity contribution is 5.33. The van der Waals surface area contributed by atoms with E-state index in [-0.39, 0.29) is 0 Å². The van der Waals surface area contributed by atoms with E-state index in [2.05, 4.69) is 15.5 Å². The predicted molar refractivity (Wildman–Crippen MR) is 79.5 cm³/mol. The first-order valence-electron chi connectivity index (χ1n) is 7.75. The molecule has 1 aliphatic rings. The molecule has 124 valence electrons. The van der Waals surface area contributed by atoms with Crippen LogP contribution < -0.4 is 5.32 Å². The molecule has 2 aromatic rings. The quantitative estimate of drug-likeness (QED) is 0.915. The van der Waals surface area contributed by atoms with Gasteiger partial charge in [-0.15, -0.1) is 0 Å². The molecule has 0 spiro atoms. The Labute approximate surface area is 132 Å². The van der Waals surface area contributed by atoms with Crippen molar-refractivity contribution in [1.29, 1.82) is 0 Å². The summed E-state index contributed by atoms with van der Waals surface area (Å²) in [5.41, 5.74) is 0.503. The minimum atomic E-state index is -4.31. The lowest BCUT2D eigenvalue weighted by atomic mass is 9.71. The van der Waals surface area contributed by atoms with Crippen molar-refractivity contribution in [1.82, 2.24) is 20.3 Å². The number of hydrogen-bond acceptors (Lipinski definition) is 3. The Bertz CT molecular complexity index is 674. The molecule has 1 N–H and O–H groups in total. The van der Waals surface area contributed by atoms with Crippen LogP contribution in [0.3, 0.4) is 0 Å². The summed E-state index contributed by atoms with van der Waals surface area (Å²) in [6, 6.07) is 5.62. The van der Waals surface area contributed by atoms with Gasteiger partial charge in [-0.2, -0.15) is 28.2 Å². The number of alkyl halides is 3. The Kier molecular flexibility index (Phi) is 4.14. The first-order valence-corrected chi connectivity index (χ1v) is 7.75. The Balaban J connectivity index is 1.78. The minimum absolute atomic E-state index is 0.392. The van der Waals surface area contributed by atoms with Gasteiger partial charge in [0.1, 0.15) is 0 Å². The van der Waals surface area contributed by atoms with Gasteiger partial charge < -0.3 is 5.32 Å². The second-order valence-corrected chi connectivity index (χ2v) is 5.89. The molecule has 0 amide bonds. The number of nitrogens with one attached hydrogen (secondary N) is 1. The minimum Gasteiger partial charge on any atom is -0.302 e. The van der Waals surface area contributed by atoms with Gasteiger partial charge in [-0.25, -0.2) is 0 Å². The molecule has 0 unspecified atom stereocenters. The SMILES string of the molecule is CCn1ncc(CNC2(c3cccc(C(F)(F)F)c3)CCC2)n1. The van der Waals surface area contributed by atoms with Crippen molar-refractivity contribution < 1.29 is 13.2 Å². The highest BCUT2D eigenvalue weighted by Crippen LogP contribution is 2.43. The van der Waals surface area contributed by atoms with Gasteiger partial charge in [0.25, 0.3) is 0 Å². The van der Waals surface area contributed by atoms with Crippen molar-refractivity contribution in [2.75, 3.05) is 0 Å². The first kappa shape index (κ1) is 16.0. The maximum atomic E-state index is 12.9. The van der Waals surface area contributed by atoms with Crippen molar-refractivity contribution in [2.45, 2.75) is 51.0 Å². The van der Waals surface area contributed by atoms with Crippen LogP contribution in [0.1, 0.15) is 43.0 Å². The van der Waals surface area contributed by atoms with Gasteiger partial charge in [-0.1, -0.05) is 12.1 Å². The van der Waals surface area contributed by atoms with Crippen molar-refractivity contribution in [3.63, 3.8) is 0 Å². The van der Waals surface area contributed by atoms with E-state index in [0.717, 1.165) is 31.0 Å². The van der Waals surface area contributed by atoms with E-state index in [9.17, 15) is 13.2 Å². The van der Waals surface area contributed by atoms with E-state index >= 15 is 0 Å². The summed E-state index contributed by atoms with van der Waals surface area (Å²) in [5, 5.41) is 11.8. The summed E-state index contributed by atoms with van der Waals surface area (Å²) in [6.45, 7) is 3.14. The molecule has 4 nitrogen and oxygen atoms in total. The zero-order valence-electron chi connectivity index (χ0n) is 12.9. The molecule has 1 saturated carbocycles. The second kappa shape index (κ2) is 5.96. The Morgan fingerprint density at radius 1 is 1.30 bits per heavy atom. The molecule has 0 bridgehead atoms. The number of rotatable bonds is 5. The van der Waals surface area contributed by atoms with Gasteiger partial charge >= 0.3 is 6.18 Å². The topological polar surface area (TPSA) is 42.7 Å². The van der Waals surface area contributed by atoms with Gasteiger partial charge in [-0.05, 0) is 43.9 Å². The summed E-state index contributed by atoms with van der Waals surface area (Å²) in [6.07, 6.45) is 0.0388. The van der Waals surface area contributed by atoms with E-state index in [0.29, 0.717) is 18.7 Å². The van der Waals surface area contributed by atoms with E-state index in [1.807, 2.05) is 6.92 Å². The van der Waals surface area contributed by atoms with E-state index in [1.54, 1.807) is 17.1 Å². The van der Waals surface area contributed by atoms with Crippen LogP contribution in [-0.4, -0.2) is 15.0 Å². The number of aryl methyl sites for hydroxylation is 1. The number of nitrogens with zero attached hydrogens (tertiary/aromatic N) is 3. The molecule has 1 fully saturated rings. The molecule has 3 rings (SSSR count). The third kappa shape index (κ3) is 3.24. The monoisotopic (exact) mass is 324 g/mol. The van der Waals surface area contributed by atoms with Crippen LogP contribution in [0.5, 0.6) is 0 Å². The van der Waals surface area contributed by atoms with E-state index < -0.39 is 17.3 Å².